The summed E-state index contributed by atoms with van der Waals surface area (Å²) in [4.78, 5) is 11.1. The Bertz CT molecular complexity index is 320. The number of anilines is 1. The zero-order valence-corrected chi connectivity index (χ0v) is 11.3. The molecule has 0 amide bonds. The van der Waals surface area contributed by atoms with Crippen LogP contribution in [-0.2, 0) is 5.33 Å². The Morgan fingerprint density at radius 2 is 1.88 bits per heavy atom. The molecule has 1 saturated carbocycles. The van der Waals surface area contributed by atoms with Crippen molar-refractivity contribution in [1.82, 2.24) is 9.97 Å². The number of hydrogen-bond acceptors (Lipinski definition) is 3. The largest absolute Gasteiger partial charge is 0.341 e. The van der Waals surface area contributed by atoms with Crippen LogP contribution in [0.25, 0.3) is 0 Å². The molecule has 0 atom stereocenters. The molecule has 1 heterocycles. The zero-order valence-electron chi connectivity index (χ0n) is 9.69. The second kappa shape index (κ2) is 5.62. The fourth-order valence-corrected chi connectivity index (χ4v) is 2.52. The molecular formula is C12H18BrN3. The molecule has 88 valence electrons. The molecule has 1 aromatic rings. The van der Waals surface area contributed by atoms with Crippen LogP contribution in [0.1, 0.15) is 37.7 Å². The molecule has 4 heteroatoms. The van der Waals surface area contributed by atoms with Crippen molar-refractivity contribution in [3.63, 3.8) is 0 Å². The Morgan fingerprint density at radius 3 is 2.44 bits per heavy atom. The smallest absolute Gasteiger partial charge is 0.225 e. The van der Waals surface area contributed by atoms with E-state index in [2.05, 4.69) is 37.8 Å². The Kier molecular flexibility index (Phi) is 4.16. The second-order valence-electron chi connectivity index (χ2n) is 4.43. The third kappa shape index (κ3) is 2.73. The van der Waals surface area contributed by atoms with Gasteiger partial charge in [-0.1, -0.05) is 35.2 Å². The van der Waals surface area contributed by atoms with E-state index in [4.69, 9.17) is 0 Å². The van der Waals surface area contributed by atoms with Crippen molar-refractivity contribution in [2.75, 3.05) is 11.9 Å². The topological polar surface area (TPSA) is 29.0 Å². The van der Waals surface area contributed by atoms with E-state index < -0.39 is 0 Å². The van der Waals surface area contributed by atoms with Crippen molar-refractivity contribution in [1.29, 1.82) is 0 Å². The highest BCUT2D eigenvalue weighted by atomic mass is 79.9. The van der Waals surface area contributed by atoms with Crippen LogP contribution in [0.15, 0.2) is 12.4 Å². The van der Waals surface area contributed by atoms with Gasteiger partial charge in [-0.05, 0) is 18.4 Å². The van der Waals surface area contributed by atoms with Gasteiger partial charge in [0, 0.05) is 30.8 Å². The van der Waals surface area contributed by atoms with Crippen LogP contribution in [0.5, 0.6) is 0 Å². The summed E-state index contributed by atoms with van der Waals surface area (Å²) in [5.74, 6) is 0.858. The molecule has 16 heavy (non-hydrogen) atoms. The van der Waals surface area contributed by atoms with E-state index in [9.17, 15) is 0 Å². The molecule has 0 radical (unpaired) electrons. The van der Waals surface area contributed by atoms with Crippen LogP contribution in [0, 0.1) is 0 Å². The summed E-state index contributed by atoms with van der Waals surface area (Å²) < 4.78 is 0. The van der Waals surface area contributed by atoms with Gasteiger partial charge in [0.1, 0.15) is 0 Å². The van der Waals surface area contributed by atoms with Crippen molar-refractivity contribution in [2.24, 2.45) is 0 Å². The van der Waals surface area contributed by atoms with Crippen molar-refractivity contribution >= 4 is 21.9 Å². The van der Waals surface area contributed by atoms with E-state index in [1.807, 2.05) is 12.4 Å². The quantitative estimate of drug-likeness (QED) is 0.798. The van der Waals surface area contributed by atoms with Gasteiger partial charge in [-0.25, -0.2) is 9.97 Å². The number of hydrogen-bond donors (Lipinski definition) is 0. The molecule has 1 aromatic heterocycles. The first kappa shape index (κ1) is 11.8. The number of aromatic nitrogens is 2. The van der Waals surface area contributed by atoms with Crippen molar-refractivity contribution in [3.05, 3.63) is 18.0 Å². The molecule has 0 saturated heterocycles. The minimum Gasteiger partial charge on any atom is -0.341 e. The molecule has 0 N–H and O–H groups in total. The molecule has 3 nitrogen and oxygen atoms in total. The Morgan fingerprint density at radius 1 is 1.25 bits per heavy atom. The monoisotopic (exact) mass is 283 g/mol. The zero-order chi connectivity index (χ0) is 11.4. The van der Waals surface area contributed by atoms with Crippen molar-refractivity contribution < 1.29 is 0 Å². The molecule has 1 aliphatic carbocycles. The van der Waals surface area contributed by atoms with Gasteiger partial charge in [0.25, 0.3) is 0 Å². The summed E-state index contributed by atoms with van der Waals surface area (Å²) in [7, 11) is 2.11. The fraction of sp³-hybridized carbons (Fsp3) is 0.667. The summed E-state index contributed by atoms with van der Waals surface area (Å²) in [5.41, 5.74) is 1.13. The number of halogens is 1. The first-order valence-electron chi connectivity index (χ1n) is 5.91. The molecule has 1 aliphatic rings. The predicted molar refractivity (Wildman–Crippen MR) is 69.9 cm³/mol. The maximum Gasteiger partial charge on any atom is 0.225 e. The first-order chi connectivity index (χ1) is 7.81. The third-order valence-electron chi connectivity index (χ3n) is 3.28. The van der Waals surface area contributed by atoms with Gasteiger partial charge in [-0.15, -0.1) is 0 Å². The molecule has 2 rings (SSSR count). The molecule has 0 aliphatic heterocycles. The van der Waals surface area contributed by atoms with E-state index in [0.717, 1.165) is 16.8 Å². The minimum absolute atomic E-state index is 0.628. The summed E-state index contributed by atoms with van der Waals surface area (Å²) in [6.45, 7) is 0. The van der Waals surface area contributed by atoms with Gasteiger partial charge in [0.2, 0.25) is 5.95 Å². The molecular weight excluding hydrogens is 266 g/mol. The number of nitrogens with zero attached hydrogens (tertiary/aromatic N) is 3. The third-order valence-corrected chi connectivity index (χ3v) is 3.93. The first-order valence-corrected chi connectivity index (χ1v) is 7.03. The average molecular weight is 284 g/mol. The van der Waals surface area contributed by atoms with Gasteiger partial charge < -0.3 is 4.90 Å². The molecule has 0 unspecified atom stereocenters. The Labute approximate surface area is 105 Å². The Balaban J connectivity index is 2.04. The van der Waals surface area contributed by atoms with Crippen LogP contribution in [0.4, 0.5) is 5.95 Å². The highest BCUT2D eigenvalue weighted by Gasteiger charge is 2.19. The van der Waals surface area contributed by atoms with E-state index in [0.29, 0.717) is 6.04 Å². The lowest BCUT2D eigenvalue weighted by Gasteiger charge is -2.31. The minimum atomic E-state index is 0.628. The Hall–Kier alpha value is -0.640. The van der Waals surface area contributed by atoms with E-state index in [-0.39, 0.29) is 0 Å². The van der Waals surface area contributed by atoms with Crippen molar-refractivity contribution in [3.8, 4) is 0 Å². The SMILES string of the molecule is CN(c1ncc(CBr)cn1)C1CCCCC1. The predicted octanol–water partition coefficient (Wildman–Crippen LogP) is 3.14. The fourth-order valence-electron chi connectivity index (χ4n) is 2.23. The molecule has 0 bridgehead atoms. The standard InChI is InChI=1S/C12H18BrN3/c1-16(11-5-3-2-4-6-11)12-14-8-10(7-13)9-15-12/h8-9,11H,2-7H2,1H3. The van der Waals surface area contributed by atoms with Gasteiger partial charge in [0.05, 0.1) is 0 Å². The van der Waals surface area contributed by atoms with Crippen LogP contribution in [0.3, 0.4) is 0 Å². The van der Waals surface area contributed by atoms with E-state index in [1.165, 1.54) is 32.1 Å². The van der Waals surface area contributed by atoms with Crippen LogP contribution >= 0.6 is 15.9 Å². The van der Waals surface area contributed by atoms with Crippen LogP contribution in [0.2, 0.25) is 0 Å². The van der Waals surface area contributed by atoms with E-state index >= 15 is 0 Å². The normalized spacial score (nSPS) is 17.4. The highest BCUT2D eigenvalue weighted by Crippen LogP contribution is 2.23. The summed E-state index contributed by atoms with van der Waals surface area (Å²) in [6.07, 6.45) is 10.4. The van der Waals surface area contributed by atoms with Gasteiger partial charge in [0.15, 0.2) is 0 Å². The lowest BCUT2D eigenvalue weighted by atomic mass is 9.95. The molecule has 0 spiro atoms. The molecule has 0 aromatic carbocycles. The van der Waals surface area contributed by atoms with E-state index in [1.54, 1.807) is 0 Å². The van der Waals surface area contributed by atoms with Crippen LogP contribution in [-0.4, -0.2) is 23.1 Å². The highest BCUT2D eigenvalue weighted by molar-refractivity contribution is 9.08. The average Bonchev–Trinajstić information content (AvgIpc) is 2.39. The van der Waals surface area contributed by atoms with Gasteiger partial charge in [-0.2, -0.15) is 0 Å². The maximum atomic E-state index is 4.41. The van der Waals surface area contributed by atoms with Gasteiger partial charge in [-0.3, -0.25) is 0 Å². The molecule has 1 fully saturated rings. The summed E-state index contributed by atoms with van der Waals surface area (Å²) in [6, 6.07) is 0.628. The number of rotatable bonds is 3. The van der Waals surface area contributed by atoms with Gasteiger partial charge >= 0.3 is 0 Å². The lowest BCUT2D eigenvalue weighted by molar-refractivity contribution is 0.424. The van der Waals surface area contributed by atoms with Crippen LogP contribution < -0.4 is 4.90 Å². The summed E-state index contributed by atoms with van der Waals surface area (Å²) in [5, 5.41) is 0.820. The second-order valence-corrected chi connectivity index (χ2v) is 4.99. The summed E-state index contributed by atoms with van der Waals surface area (Å²) >= 11 is 3.40. The lowest BCUT2D eigenvalue weighted by Crippen LogP contribution is -2.34. The maximum absolute atomic E-state index is 4.41. The van der Waals surface area contributed by atoms with Crippen molar-refractivity contribution in [2.45, 2.75) is 43.5 Å². The number of alkyl halides is 1.